The Morgan fingerprint density at radius 2 is 1.73 bits per heavy atom. The molecule has 4 aromatic rings. The minimum atomic E-state index is -0.173. The van der Waals surface area contributed by atoms with Gasteiger partial charge >= 0.3 is 0 Å². The zero-order valence-electron chi connectivity index (χ0n) is 19.0. The van der Waals surface area contributed by atoms with E-state index in [-0.39, 0.29) is 5.91 Å². The first-order chi connectivity index (χ1) is 15.9. The van der Waals surface area contributed by atoms with Crippen molar-refractivity contribution in [2.24, 2.45) is 0 Å². The first-order valence-electron chi connectivity index (χ1n) is 10.1. The molecule has 1 aromatic carbocycles. The second-order valence-corrected chi connectivity index (χ2v) is 7.28. The number of nitrogens with zero attached hydrogens (tertiary/aromatic N) is 5. The highest BCUT2D eigenvalue weighted by Gasteiger charge is 2.15. The Kier molecular flexibility index (Phi) is 5.99. The number of methoxy groups -OCH3 is 3. The molecule has 0 aliphatic carbocycles. The number of pyridine rings is 1. The van der Waals surface area contributed by atoms with Crippen LogP contribution >= 0.6 is 0 Å². The smallest absolute Gasteiger partial charge is 0.272 e. The van der Waals surface area contributed by atoms with Gasteiger partial charge in [0.15, 0.2) is 17.1 Å². The Balaban J connectivity index is 1.72. The molecule has 0 radical (unpaired) electrons. The molecule has 1 N–H and O–H groups in total. The molecule has 0 unspecified atom stereocenters. The number of carbonyl (C=O) groups excluding carboxylic acids is 1. The number of amides is 1. The van der Waals surface area contributed by atoms with Gasteiger partial charge in [0.05, 0.1) is 21.3 Å². The molecule has 0 saturated carbocycles. The Labute approximate surface area is 190 Å². The van der Waals surface area contributed by atoms with E-state index in [9.17, 15) is 4.79 Å². The van der Waals surface area contributed by atoms with Crippen molar-refractivity contribution >= 4 is 28.6 Å². The number of fused-ring (bicyclic) bond motifs is 1. The third kappa shape index (κ3) is 4.22. The van der Waals surface area contributed by atoms with Crippen LogP contribution in [0.4, 0.5) is 11.6 Å². The highest BCUT2D eigenvalue weighted by Crippen LogP contribution is 2.40. The highest BCUT2D eigenvalue weighted by molar-refractivity contribution is 5.92. The van der Waals surface area contributed by atoms with E-state index in [1.54, 1.807) is 65.9 Å². The average Bonchev–Trinajstić information content (AvgIpc) is 3.26. The van der Waals surface area contributed by atoms with Crippen LogP contribution in [0.15, 0.2) is 48.8 Å². The van der Waals surface area contributed by atoms with Crippen LogP contribution in [0.3, 0.4) is 0 Å². The van der Waals surface area contributed by atoms with Crippen LogP contribution in [-0.2, 0) is 0 Å². The van der Waals surface area contributed by atoms with E-state index in [2.05, 4.69) is 20.3 Å². The summed E-state index contributed by atoms with van der Waals surface area (Å²) in [6.07, 6.45) is 3.56. The van der Waals surface area contributed by atoms with Crippen LogP contribution in [0.25, 0.3) is 16.9 Å². The summed E-state index contributed by atoms with van der Waals surface area (Å²) in [4.78, 5) is 27.4. The summed E-state index contributed by atoms with van der Waals surface area (Å²) >= 11 is 0. The molecule has 170 valence electrons. The fourth-order valence-corrected chi connectivity index (χ4v) is 3.35. The molecule has 33 heavy (non-hydrogen) atoms. The predicted molar refractivity (Wildman–Crippen MR) is 124 cm³/mol. The first-order valence-corrected chi connectivity index (χ1v) is 10.1. The lowest BCUT2D eigenvalue weighted by Crippen LogP contribution is -2.23. The van der Waals surface area contributed by atoms with Gasteiger partial charge in [0, 0.05) is 49.7 Å². The topological polar surface area (TPSA) is 104 Å². The number of carbonyl (C=O) groups is 1. The van der Waals surface area contributed by atoms with E-state index in [1.165, 1.54) is 4.90 Å². The van der Waals surface area contributed by atoms with Crippen molar-refractivity contribution in [3.8, 4) is 23.1 Å². The number of ether oxygens (including phenoxy) is 3. The van der Waals surface area contributed by atoms with E-state index in [4.69, 9.17) is 14.2 Å². The molecule has 0 aliphatic rings. The van der Waals surface area contributed by atoms with Gasteiger partial charge in [-0.3, -0.25) is 9.36 Å². The maximum absolute atomic E-state index is 12.3. The maximum Gasteiger partial charge on any atom is 0.272 e. The number of benzene rings is 1. The van der Waals surface area contributed by atoms with Crippen molar-refractivity contribution in [2.75, 3.05) is 40.7 Å². The van der Waals surface area contributed by atoms with Crippen LogP contribution in [-0.4, -0.2) is 65.8 Å². The summed E-state index contributed by atoms with van der Waals surface area (Å²) in [6.45, 7) is 0. The number of nitrogens with one attached hydrogen (secondary N) is 1. The highest BCUT2D eigenvalue weighted by atomic mass is 16.5. The Hall–Kier alpha value is -4.34. The predicted octanol–water partition coefficient (Wildman–Crippen LogP) is 3.29. The molecule has 0 atom stereocenters. The van der Waals surface area contributed by atoms with Crippen molar-refractivity contribution in [1.29, 1.82) is 0 Å². The van der Waals surface area contributed by atoms with Crippen LogP contribution in [0, 0.1) is 0 Å². The molecule has 0 bridgehead atoms. The lowest BCUT2D eigenvalue weighted by atomic mass is 10.2. The number of anilines is 2. The van der Waals surface area contributed by atoms with Crippen LogP contribution in [0.2, 0.25) is 0 Å². The van der Waals surface area contributed by atoms with Crippen molar-refractivity contribution in [3.63, 3.8) is 0 Å². The van der Waals surface area contributed by atoms with Gasteiger partial charge in [-0.2, -0.15) is 4.98 Å². The Morgan fingerprint density at radius 1 is 1.00 bits per heavy atom. The van der Waals surface area contributed by atoms with Gasteiger partial charge in [-0.05, 0) is 18.2 Å². The fourth-order valence-electron chi connectivity index (χ4n) is 3.35. The summed E-state index contributed by atoms with van der Waals surface area (Å²) in [5.74, 6) is 2.29. The molecule has 0 aliphatic heterocycles. The third-order valence-corrected chi connectivity index (χ3v) is 4.95. The quantitative estimate of drug-likeness (QED) is 0.459. The van der Waals surface area contributed by atoms with Crippen molar-refractivity contribution in [2.45, 2.75) is 0 Å². The molecule has 0 saturated heterocycles. The van der Waals surface area contributed by atoms with E-state index < -0.39 is 0 Å². The van der Waals surface area contributed by atoms with Crippen molar-refractivity contribution < 1.29 is 19.0 Å². The van der Waals surface area contributed by atoms with E-state index in [0.29, 0.717) is 46.0 Å². The number of hydrogen-bond acceptors (Lipinski definition) is 8. The van der Waals surface area contributed by atoms with Crippen LogP contribution in [0.5, 0.6) is 17.2 Å². The average molecular weight is 448 g/mol. The second-order valence-electron chi connectivity index (χ2n) is 7.28. The SMILES string of the molecule is COc1cc(Nc2ncc3ccn(-c4cccc(C(=O)N(C)C)n4)c3n2)cc(OC)c1OC. The molecule has 3 aromatic heterocycles. The van der Waals surface area contributed by atoms with Crippen molar-refractivity contribution in [1.82, 2.24) is 24.4 Å². The molecular weight excluding hydrogens is 424 g/mol. The van der Waals surface area contributed by atoms with Gasteiger partial charge in [-0.25, -0.2) is 9.97 Å². The lowest BCUT2D eigenvalue weighted by molar-refractivity contribution is 0.0822. The summed E-state index contributed by atoms with van der Waals surface area (Å²) in [6, 6.07) is 10.7. The molecule has 3 heterocycles. The standard InChI is InChI=1S/C23H24N6O4/c1-28(2)22(30)16-7-6-8-19(26-16)29-10-9-14-13-24-23(27-21(14)29)25-15-11-17(31-3)20(33-5)18(12-15)32-4/h6-13H,1-5H3,(H,24,25,27). The third-order valence-electron chi connectivity index (χ3n) is 4.95. The molecule has 10 nitrogen and oxygen atoms in total. The minimum absolute atomic E-state index is 0.173. The summed E-state index contributed by atoms with van der Waals surface area (Å²) in [5.41, 5.74) is 1.66. The van der Waals surface area contributed by atoms with Gasteiger partial charge < -0.3 is 24.4 Å². The van der Waals surface area contributed by atoms with Crippen LogP contribution < -0.4 is 19.5 Å². The molecule has 10 heteroatoms. The zero-order valence-corrected chi connectivity index (χ0v) is 19.0. The fraction of sp³-hybridized carbons (Fsp3) is 0.217. The molecule has 1 amide bonds. The summed E-state index contributed by atoms with van der Waals surface area (Å²) < 4.78 is 18.0. The number of aromatic nitrogens is 4. The molecule has 0 fully saturated rings. The largest absolute Gasteiger partial charge is 0.493 e. The molecule has 4 rings (SSSR count). The van der Waals surface area contributed by atoms with E-state index in [0.717, 1.165) is 5.39 Å². The van der Waals surface area contributed by atoms with Crippen molar-refractivity contribution in [3.05, 3.63) is 54.5 Å². The number of rotatable bonds is 7. The number of hydrogen-bond donors (Lipinski definition) is 1. The molecule has 0 spiro atoms. The zero-order chi connectivity index (χ0) is 23.5. The van der Waals surface area contributed by atoms with E-state index in [1.807, 2.05) is 22.9 Å². The van der Waals surface area contributed by atoms with Gasteiger partial charge in [0.2, 0.25) is 11.7 Å². The van der Waals surface area contributed by atoms with E-state index >= 15 is 0 Å². The lowest BCUT2D eigenvalue weighted by Gasteiger charge is -2.14. The first kappa shape index (κ1) is 21.9. The Morgan fingerprint density at radius 3 is 2.36 bits per heavy atom. The summed E-state index contributed by atoms with van der Waals surface area (Å²) in [5, 5.41) is 4.01. The van der Waals surface area contributed by atoms with Gasteiger partial charge in [-0.15, -0.1) is 0 Å². The maximum atomic E-state index is 12.3. The normalized spacial score (nSPS) is 10.7. The molecular formula is C23H24N6O4. The summed E-state index contributed by atoms with van der Waals surface area (Å²) in [7, 11) is 8.04. The van der Waals surface area contributed by atoms with Gasteiger partial charge in [0.25, 0.3) is 5.91 Å². The minimum Gasteiger partial charge on any atom is -0.493 e. The van der Waals surface area contributed by atoms with Gasteiger partial charge in [-0.1, -0.05) is 6.07 Å². The second kappa shape index (κ2) is 9.03. The Bertz CT molecular complexity index is 1290. The van der Waals surface area contributed by atoms with Gasteiger partial charge in [0.1, 0.15) is 11.5 Å². The van der Waals surface area contributed by atoms with Crippen LogP contribution in [0.1, 0.15) is 10.5 Å². The monoisotopic (exact) mass is 448 g/mol.